The van der Waals surface area contributed by atoms with E-state index >= 15 is 0 Å². The number of pyridine rings is 1. The van der Waals surface area contributed by atoms with Gasteiger partial charge in [0.2, 0.25) is 5.91 Å². The van der Waals surface area contributed by atoms with Gasteiger partial charge in [-0.15, -0.1) is 0 Å². The highest BCUT2D eigenvalue weighted by Crippen LogP contribution is 2.44. The summed E-state index contributed by atoms with van der Waals surface area (Å²) in [5.74, 6) is -1.93. The molecule has 0 radical (unpaired) electrons. The number of rotatable bonds is 6. The van der Waals surface area contributed by atoms with Crippen LogP contribution in [0.15, 0.2) is 36.5 Å². The molecule has 3 amide bonds. The van der Waals surface area contributed by atoms with Gasteiger partial charge in [0, 0.05) is 12.6 Å². The number of nitriles is 1. The molecule has 1 aromatic carbocycles. The molecule has 1 aliphatic heterocycles. The monoisotopic (exact) mass is 539 g/mol. The number of nitrogens with one attached hydrogen (secondary N) is 2. The molecule has 2 aromatic heterocycles. The number of alkyl halides is 3. The summed E-state index contributed by atoms with van der Waals surface area (Å²) >= 11 is 0. The number of nitrogens with zero attached hydrogens (tertiary/aromatic N) is 4. The van der Waals surface area contributed by atoms with E-state index in [1.165, 1.54) is 35.1 Å². The number of benzene rings is 1. The number of primary amides is 1. The van der Waals surface area contributed by atoms with Crippen molar-refractivity contribution in [1.29, 1.82) is 5.26 Å². The molecule has 1 atom stereocenters. The smallest absolute Gasteiger partial charge is 0.422 e. The molecular weight excluding hydrogens is 519 g/mol. The van der Waals surface area contributed by atoms with Crippen molar-refractivity contribution in [1.82, 2.24) is 25.4 Å². The summed E-state index contributed by atoms with van der Waals surface area (Å²) in [6, 6.07) is 9.45. The maximum Gasteiger partial charge on any atom is 0.422 e. The Hall–Kier alpha value is -4.93. The van der Waals surface area contributed by atoms with Gasteiger partial charge in [-0.1, -0.05) is 6.07 Å². The molecule has 0 fully saturated rings. The van der Waals surface area contributed by atoms with Crippen LogP contribution in [0.25, 0.3) is 5.82 Å². The standard InChI is InChI=1S/C25H20F3N7O4/c26-25(27,28)12-39-15-2-3-16-14(7-15)5-6-24(16)8-17-20(22(37)33-24)21(23(38)32-11-18(30)36)35(34-17)19-4-1-13(9-29)10-31-19/h1-4,7,10H,5-6,8,11-12H2,(H2,30,36)(H,32,38)(H,33,37)/t24-/m0/s1. The Kier molecular flexibility index (Phi) is 6.21. The Labute approximate surface area is 218 Å². The van der Waals surface area contributed by atoms with Crippen LogP contribution in [0, 0.1) is 11.3 Å². The second-order valence-corrected chi connectivity index (χ2v) is 9.18. The zero-order valence-corrected chi connectivity index (χ0v) is 20.1. The molecule has 0 unspecified atom stereocenters. The van der Waals surface area contributed by atoms with E-state index in [0.29, 0.717) is 24.1 Å². The van der Waals surface area contributed by atoms with Crippen LogP contribution in [-0.4, -0.2) is 51.8 Å². The highest BCUT2D eigenvalue weighted by molar-refractivity contribution is 6.09. The van der Waals surface area contributed by atoms with Crippen molar-refractivity contribution in [2.24, 2.45) is 5.73 Å². The summed E-state index contributed by atoms with van der Waals surface area (Å²) in [7, 11) is 0. The zero-order valence-electron chi connectivity index (χ0n) is 20.1. The normalized spacial score (nSPS) is 17.6. The molecule has 39 heavy (non-hydrogen) atoms. The van der Waals surface area contributed by atoms with Crippen molar-refractivity contribution in [2.45, 2.75) is 31.0 Å². The molecule has 0 bridgehead atoms. The van der Waals surface area contributed by atoms with Crippen LogP contribution in [-0.2, 0) is 23.2 Å². The number of carbonyl (C=O) groups is 3. The topological polar surface area (TPSA) is 165 Å². The fourth-order valence-electron chi connectivity index (χ4n) is 4.93. The van der Waals surface area contributed by atoms with Crippen LogP contribution < -0.4 is 21.1 Å². The van der Waals surface area contributed by atoms with Gasteiger partial charge in [0.05, 0.1) is 28.9 Å². The van der Waals surface area contributed by atoms with Crippen molar-refractivity contribution in [2.75, 3.05) is 13.2 Å². The van der Waals surface area contributed by atoms with Crippen molar-refractivity contribution < 1.29 is 32.3 Å². The van der Waals surface area contributed by atoms with Crippen molar-refractivity contribution in [3.05, 3.63) is 70.2 Å². The predicted octanol–water partition coefficient (Wildman–Crippen LogP) is 1.42. The molecule has 0 saturated heterocycles. The lowest BCUT2D eigenvalue weighted by atomic mass is 9.82. The van der Waals surface area contributed by atoms with Crippen molar-refractivity contribution in [3.63, 3.8) is 0 Å². The minimum atomic E-state index is -4.47. The first-order valence-corrected chi connectivity index (χ1v) is 11.7. The molecule has 3 aromatic rings. The number of ether oxygens (including phenoxy) is 1. The second kappa shape index (κ2) is 9.43. The molecule has 4 N–H and O–H groups in total. The molecule has 1 spiro atoms. The largest absolute Gasteiger partial charge is 0.484 e. The van der Waals surface area contributed by atoms with Crippen LogP contribution in [0.4, 0.5) is 13.2 Å². The molecule has 3 heterocycles. The highest BCUT2D eigenvalue weighted by Gasteiger charge is 2.47. The number of aromatic nitrogens is 3. The number of fused-ring (bicyclic) bond motifs is 3. The number of aryl methyl sites for hydroxylation is 1. The van der Waals surface area contributed by atoms with Gasteiger partial charge in [-0.05, 0) is 48.2 Å². The fraction of sp³-hybridized carbons (Fsp3) is 0.280. The lowest BCUT2D eigenvalue weighted by molar-refractivity contribution is -0.153. The number of amides is 3. The van der Waals surface area contributed by atoms with Gasteiger partial charge in [-0.2, -0.15) is 23.5 Å². The van der Waals surface area contributed by atoms with Crippen molar-refractivity contribution in [3.8, 4) is 17.6 Å². The van der Waals surface area contributed by atoms with E-state index < -0.39 is 42.6 Å². The quantitative estimate of drug-likeness (QED) is 0.426. The summed E-state index contributed by atoms with van der Waals surface area (Å²) in [5, 5.41) is 18.9. The van der Waals surface area contributed by atoms with Crippen LogP contribution in [0.2, 0.25) is 0 Å². The lowest BCUT2D eigenvalue weighted by Crippen LogP contribution is -2.50. The average molecular weight is 539 g/mol. The lowest BCUT2D eigenvalue weighted by Gasteiger charge is -2.35. The first-order valence-electron chi connectivity index (χ1n) is 11.7. The van der Waals surface area contributed by atoms with Gasteiger partial charge in [0.1, 0.15) is 17.5 Å². The second-order valence-electron chi connectivity index (χ2n) is 9.18. The van der Waals surface area contributed by atoms with Gasteiger partial charge < -0.3 is 21.1 Å². The minimum Gasteiger partial charge on any atom is -0.484 e. The third-order valence-corrected chi connectivity index (χ3v) is 6.56. The molecule has 11 nitrogen and oxygen atoms in total. The fourth-order valence-corrected chi connectivity index (χ4v) is 4.93. The van der Waals surface area contributed by atoms with Crippen molar-refractivity contribution >= 4 is 17.7 Å². The maximum atomic E-state index is 13.5. The summed E-state index contributed by atoms with van der Waals surface area (Å²) in [6.45, 7) is -1.89. The number of halogens is 3. The summed E-state index contributed by atoms with van der Waals surface area (Å²) in [5.41, 5.74) is 6.09. The van der Waals surface area contributed by atoms with Crippen LogP contribution in [0.3, 0.4) is 0 Å². The zero-order chi connectivity index (χ0) is 27.9. The van der Waals surface area contributed by atoms with E-state index in [1.807, 2.05) is 6.07 Å². The Morgan fingerprint density at radius 1 is 1.28 bits per heavy atom. The molecule has 200 valence electrons. The third kappa shape index (κ3) is 4.86. The number of nitrogens with two attached hydrogens (primary N) is 1. The van der Waals surface area contributed by atoms with Gasteiger partial charge in [-0.25, -0.2) is 9.67 Å². The minimum absolute atomic E-state index is 0.00710. The average Bonchev–Trinajstić information content (AvgIpc) is 3.44. The van der Waals surface area contributed by atoms with E-state index in [-0.39, 0.29) is 34.8 Å². The van der Waals surface area contributed by atoms with Gasteiger partial charge >= 0.3 is 6.18 Å². The summed E-state index contributed by atoms with van der Waals surface area (Å²) in [4.78, 5) is 42.0. The first kappa shape index (κ1) is 25.7. The van der Waals surface area contributed by atoms with Crippen LogP contribution in [0.1, 0.15) is 49.7 Å². The summed E-state index contributed by atoms with van der Waals surface area (Å²) < 4.78 is 43.8. The molecule has 1 aliphatic carbocycles. The Morgan fingerprint density at radius 2 is 2.08 bits per heavy atom. The Balaban J connectivity index is 1.53. The number of hydrogen-bond donors (Lipinski definition) is 3. The van der Waals surface area contributed by atoms with Gasteiger partial charge in [0.15, 0.2) is 12.4 Å². The molecule has 14 heteroatoms. The van der Waals surface area contributed by atoms with E-state index in [0.717, 1.165) is 5.56 Å². The van der Waals surface area contributed by atoms with E-state index in [1.54, 1.807) is 6.07 Å². The van der Waals surface area contributed by atoms with E-state index in [2.05, 4.69) is 20.7 Å². The third-order valence-electron chi connectivity index (χ3n) is 6.56. The van der Waals surface area contributed by atoms with E-state index in [9.17, 15) is 27.6 Å². The SMILES string of the molecule is N#Cc1ccc(-n2nc3c(c2C(=O)NCC(N)=O)C(=O)N[C@@]2(CCc4cc(OCC(F)(F)F)ccc42)C3)nc1. The Morgan fingerprint density at radius 3 is 2.74 bits per heavy atom. The number of carbonyl (C=O) groups excluding carboxylic acids is 3. The highest BCUT2D eigenvalue weighted by atomic mass is 19.4. The molecule has 5 rings (SSSR count). The maximum absolute atomic E-state index is 13.5. The summed E-state index contributed by atoms with van der Waals surface area (Å²) in [6.07, 6.45) is -2.09. The molecule has 2 aliphatic rings. The van der Waals surface area contributed by atoms with Crippen LogP contribution >= 0.6 is 0 Å². The Bertz CT molecular complexity index is 1540. The molecular formula is C25H20F3N7O4. The van der Waals surface area contributed by atoms with Gasteiger partial charge in [0.25, 0.3) is 11.8 Å². The van der Waals surface area contributed by atoms with Crippen LogP contribution in [0.5, 0.6) is 5.75 Å². The van der Waals surface area contributed by atoms with E-state index in [4.69, 9.17) is 15.7 Å². The predicted molar refractivity (Wildman–Crippen MR) is 127 cm³/mol. The van der Waals surface area contributed by atoms with Gasteiger partial charge in [-0.3, -0.25) is 14.4 Å². The first-order chi connectivity index (χ1) is 18.5. The molecule has 0 saturated carbocycles. The number of hydrogen-bond acceptors (Lipinski definition) is 7.